The molecule has 0 radical (unpaired) electrons. The molecule has 0 aliphatic heterocycles. The molecule has 0 aliphatic rings. The lowest BCUT2D eigenvalue weighted by molar-refractivity contribution is 0.595. The van der Waals surface area contributed by atoms with Crippen LogP contribution in [0.25, 0.3) is 0 Å². The van der Waals surface area contributed by atoms with E-state index in [1.54, 1.807) is 16.8 Å². The predicted molar refractivity (Wildman–Crippen MR) is 74.8 cm³/mol. The zero-order valence-corrected chi connectivity index (χ0v) is 11.8. The standard InChI is InChI=1S/C14H17ClFN3/c1-3-17-10(2)12-7-18-19(9-12)8-11-4-5-13(15)14(16)6-11/h4-7,9-10,17H,3,8H2,1-2H3. The molecule has 1 unspecified atom stereocenters. The highest BCUT2D eigenvalue weighted by molar-refractivity contribution is 6.30. The monoisotopic (exact) mass is 281 g/mol. The first-order valence-electron chi connectivity index (χ1n) is 6.29. The van der Waals surface area contributed by atoms with Gasteiger partial charge >= 0.3 is 0 Å². The number of aromatic nitrogens is 2. The molecule has 0 fully saturated rings. The van der Waals surface area contributed by atoms with Gasteiger partial charge in [-0.2, -0.15) is 5.10 Å². The van der Waals surface area contributed by atoms with E-state index >= 15 is 0 Å². The molecule has 2 rings (SSSR count). The van der Waals surface area contributed by atoms with Gasteiger partial charge in [0.1, 0.15) is 5.82 Å². The summed E-state index contributed by atoms with van der Waals surface area (Å²) in [6, 6.07) is 5.08. The van der Waals surface area contributed by atoms with Gasteiger partial charge in [-0.25, -0.2) is 4.39 Å². The van der Waals surface area contributed by atoms with E-state index in [0.717, 1.165) is 17.7 Å². The molecular weight excluding hydrogens is 265 g/mol. The minimum Gasteiger partial charge on any atom is -0.310 e. The maximum absolute atomic E-state index is 13.3. The van der Waals surface area contributed by atoms with Crippen molar-refractivity contribution < 1.29 is 4.39 Å². The van der Waals surface area contributed by atoms with Crippen LogP contribution in [0, 0.1) is 5.82 Å². The van der Waals surface area contributed by atoms with Crippen molar-refractivity contribution in [1.82, 2.24) is 15.1 Å². The van der Waals surface area contributed by atoms with Crippen molar-refractivity contribution >= 4 is 11.6 Å². The summed E-state index contributed by atoms with van der Waals surface area (Å²) in [7, 11) is 0. The zero-order valence-electron chi connectivity index (χ0n) is 11.0. The Morgan fingerprint density at radius 1 is 1.47 bits per heavy atom. The number of nitrogens with one attached hydrogen (secondary N) is 1. The van der Waals surface area contributed by atoms with Crippen LogP contribution in [-0.4, -0.2) is 16.3 Å². The molecule has 1 atom stereocenters. The van der Waals surface area contributed by atoms with Gasteiger partial charge < -0.3 is 5.32 Å². The summed E-state index contributed by atoms with van der Waals surface area (Å²) >= 11 is 5.66. The summed E-state index contributed by atoms with van der Waals surface area (Å²) in [4.78, 5) is 0. The van der Waals surface area contributed by atoms with Crippen LogP contribution in [0.15, 0.2) is 30.6 Å². The number of halogens is 2. The minimum absolute atomic E-state index is 0.144. The average molecular weight is 282 g/mol. The van der Waals surface area contributed by atoms with Crippen molar-refractivity contribution in [3.63, 3.8) is 0 Å². The summed E-state index contributed by atoms with van der Waals surface area (Å²) in [6.07, 6.45) is 3.81. The fourth-order valence-electron chi connectivity index (χ4n) is 1.94. The Hall–Kier alpha value is -1.39. The van der Waals surface area contributed by atoms with Crippen LogP contribution in [0.2, 0.25) is 5.02 Å². The lowest BCUT2D eigenvalue weighted by Crippen LogP contribution is -2.17. The Labute approximate surface area is 117 Å². The highest BCUT2D eigenvalue weighted by Gasteiger charge is 2.07. The van der Waals surface area contributed by atoms with E-state index in [1.165, 1.54) is 6.07 Å². The van der Waals surface area contributed by atoms with Crippen LogP contribution in [0.3, 0.4) is 0 Å². The van der Waals surface area contributed by atoms with Gasteiger partial charge in [0, 0.05) is 17.8 Å². The average Bonchev–Trinajstić information content (AvgIpc) is 2.83. The van der Waals surface area contributed by atoms with Crippen LogP contribution in [0.1, 0.15) is 31.0 Å². The molecule has 0 saturated carbocycles. The Balaban J connectivity index is 2.09. The molecule has 1 heterocycles. The molecule has 3 nitrogen and oxygen atoms in total. The third-order valence-corrected chi connectivity index (χ3v) is 3.30. The quantitative estimate of drug-likeness (QED) is 0.910. The molecule has 0 saturated heterocycles. The highest BCUT2D eigenvalue weighted by atomic mass is 35.5. The molecule has 0 amide bonds. The van der Waals surface area contributed by atoms with E-state index < -0.39 is 5.82 Å². The summed E-state index contributed by atoms with van der Waals surface area (Å²) in [5, 5.41) is 7.76. The van der Waals surface area contributed by atoms with E-state index in [1.807, 2.05) is 12.4 Å². The molecule has 102 valence electrons. The third kappa shape index (κ3) is 3.55. The second kappa shape index (κ2) is 6.17. The normalized spacial score (nSPS) is 12.6. The molecule has 2 aromatic rings. The minimum atomic E-state index is -0.396. The number of rotatable bonds is 5. The first-order valence-corrected chi connectivity index (χ1v) is 6.67. The first-order chi connectivity index (χ1) is 9.10. The second-order valence-corrected chi connectivity index (χ2v) is 4.91. The maximum atomic E-state index is 13.3. The number of benzene rings is 1. The summed E-state index contributed by atoms with van der Waals surface area (Å²) in [6.45, 7) is 5.60. The van der Waals surface area contributed by atoms with Gasteiger partial charge in [-0.1, -0.05) is 24.6 Å². The van der Waals surface area contributed by atoms with E-state index in [2.05, 4.69) is 24.3 Å². The summed E-state index contributed by atoms with van der Waals surface area (Å²) in [5.74, 6) is -0.396. The number of hydrogen-bond acceptors (Lipinski definition) is 2. The smallest absolute Gasteiger partial charge is 0.142 e. The van der Waals surface area contributed by atoms with Crippen LogP contribution < -0.4 is 5.32 Å². The van der Waals surface area contributed by atoms with Gasteiger partial charge in [0.15, 0.2) is 0 Å². The largest absolute Gasteiger partial charge is 0.310 e. The Morgan fingerprint density at radius 3 is 2.95 bits per heavy atom. The predicted octanol–water partition coefficient (Wildman–Crippen LogP) is 3.39. The lowest BCUT2D eigenvalue weighted by Gasteiger charge is -2.09. The zero-order chi connectivity index (χ0) is 13.8. The number of nitrogens with zero attached hydrogens (tertiary/aromatic N) is 2. The molecule has 0 bridgehead atoms. The third-order valence-electron chi connectivity index (χ3n) is 2.99. The van der Waals surface area contributed by atoms with Gasteiger partial charge in [0.05, 0.1) is 17.8 Å². The van der Waals surface area contributed by atoms with E-state index in [-0.39, 0.29) is 11.1 Å². The summed E-state index contributed by atoms with van der Waals surface area (Å²) < 4.78 is 15.1. The SMILES string of the molecule is CCNC(C)c1cnn(Cc2ccc(Cl)c(F)c2)c1. The van der Waals surface area contributed by atoms with Gasteiger partial charge in [-0.05, 0) is 31.2 Å². The van der Waals surface area contributed by atoms with Crippen molar-refractivity contribution in [3.8, 4) is 0 Å². The molecule has 5 heteroatoms. The molecular formula is C14H17ClFN3. The van der Waals surface area contributed by atoms with Crippen molar-refractivity contribution in [2.24, 2.45) is 0 Å². The first kappa shape index (κ1) is 14.0. The number of hydrogen-bond donors (Lipinski definition) is 1. The van der Waals surface area contributed by atoms with Crippen molar-refractivity contribution in [1.29, 1.82) is 0 Å². The van der Waals surface area contributed by atoms with Gasteiger partial charge in [-0.15, -0.1) is 0 Å². The van der Waals surface area contributed by atoms with Crippen molar-refractivity contribution in [2.45, 2.75) is 26.4 Å². The molecule has 1 aromatic heterocycles. The molecule has 19 heavy (non-hydrogen) atoms. The van der Waals surface area contributed by atoms with E-state index in [0.29, 0.717) is 6.54 Å². The highest BCUT2D eigenvalue weighted by Crippen LogP contribution is 2.17. The lowest BCUT2D eigenvalue weighted by atomic mass is 10.2. The van der Waals surface area contributed by atoms with Crippen molar-refractivity contribution in [3.05, 3.63) is 52.6 Å². The van der Waals surface area contributed by atoms with Crippen LogP contribution in [0.4, 0.5) is 4.39 Å². The van der Waals surface area contributed by atoms with E-state index in [4.69, 9.17) is 11.6 Å². The van der Waals surface area contributed by atoms with Crippen molar-refractivity contribution in [2.75, 3.05) is 6.54 Å². The Morgan fingerprint density at radius 2 is 2.26 bits per heavy atom. The molecule has 1 aromatic carbocycles. The maximum Gasteiger partial charge on any atom is 0.142 e. The topological polar surface area (TPSA) is 29.9 Å². The van der Waals surface area contributed by atoms with Gasteiger partial charge in [0.2, 0.25) is 0 Å². The summed E-state index contributed by atoms with van der Waals surface area (Å²) in [5.41, 5.74) is 1.96. The fourth-order valence-corrected chi connectivity index (χ4v) is 2.06. The Bertz CT molecular complexity index is 553. The van der Waals surface area contributed by atoms with Crippen LogP contribution in [-0.2, 0) is 6.54 Å². The Kier molecular flexibility index (Phi) is 4.56. The van der Waals surface area contributed by atoms with Crippen LogP contribution in [0.5, 0.6) is 0 Å². The second-order valence-electron chi connectivity index (χ2n) is 4.50. The van der Waals surface area contributed by atoms with Crippen LogP contribution >= 0.6 is 11.6 Å². The molecule has 0 spiro atoms. The van der Waals surface area contributed by atoms with E-state index in [9.17, 15) is 4.39 Å². The van der Waals surface area contributed by atoms with Gasteiger partial charge in [0.25, 0.3) is 0 Å². The fraction of sp³-hybridized carbons (Fsp3) is 0.357. The molecule has 1 N–H and O–H groups in total. The molecule has 0 aliphatic carbocycles. The van der Waals surface area contributed by atoms with Gasteiger partial charge in [-0.3, -0.25) is 4.68 Å².